The Morgan fingerprint density at radius 2 is 2.14 bits per heavy atom. The van der Waals surface area contributed by atoms with E-state index in [4.69, 9.17) is 5.11 Å². The Morgan fingerprint density at radius 1 is 1.29 bits per heavy atom. The Morgan fingerprint density at radius 3 is 2.96 bits per heavy atom. The Balaban J connectivity index is 1.40. The van der Waals surface area contributed by atoms with Crippen molar-refractivity contribution in [1.29, 1.82) is 0 Å². The fourth-order valence-corrected chi connectivity index (χ4v) is 4.13. The first-order valence-electron chi connectivity index (χ1n) is 9.84. The minimum absolute atomic E-state index is 0.465. The van der Waals surface area contributed by atoms with Crippen LogP contribution < -0.4 is 0 Å². The second-order valence-corrected chi connectivity index (χ2v) is 7.34. The summed E-state index contributed by atoms with van der Waals surface area (Å²) in [5.41, 5.74) is 4.78. The van der Waals surface area contributed by atoms with Gasteiger partial charge in [-0.1, -0.05) is 30.3 Å². The standard InChI is InChI=1S/C23H25N3O2/c27-22(28)7-1-4-17-8-10-18(11-9-17)21-6-3-14-26(21)15-12-19-16-25-23-20(19)5-2-13-24-23/h1-2,5,7-11,13,16,21H,3-4,6,12,14-15H2,(H,24,25)(H,27,28)/b7-1+/t21-/m0/s1. The summed E-state index contributed by atoms with van der Waals surface area (Å²) in [6, 6.07) is 13.2. The van der Waals surface area contributed by atoms with Crippen LogP contribution in [0.4, 0.5) is 0 Å². The lowest BCUT2D eigenvalue weighted by molar-refractivity contribution is -0.131. The van der Waals surface area contributed by atoms with Crippen LogP contribution in [0.5, 0.6) is 0 Å². The van der Waals surface area contributed by atoms with Crippen LogP contribution in [0.25, 0.3) is 11.0 Å². The topological polar surface area (TPSA) is 69.2 Å². The van der Waals surface area contributed by atoms with Crippen molar-refractivity contribution in [2.24, 2.45) is 0 Å². The van der Waals surface area contributed by atoms with Crippen molar-refractivity contribution < 1.29 is 9.90 Å². The van der Waals surface area contributed by atoms with Crippen LogP contribution in [0.2, 0.25) is 0 Å². The van der Waals surface area contributed by atoms with E-state index >= 15 is 0 Å². The highest BCUT2D eigenvalue weighted by molar-refractivity contribution is 5.80. The van der Waals surface area contributed by atoms with Gasteiger partial charge in [-0.15, -0.1) is 0 Å². The van der Waals surface area contributed by atoms with E-state index in [2.05, 4.69) is 51.4 Å². The molecule has 5 nitrogen and oxygen atoms in total. The van der Waals surface area contributed by atoms with Gasteiger partial charge in [-0.2, -0.15) is 0 Å². The third-order valence-electron chi connectivity index (χ3n) is 5.55. The van der Waals surface area contributed by atoms with Crippen LogP contribution in [0.15, 0.2) is 60.9 Å². The molecule has 4 rings (SSSR count). The number of rotatable bonds is 7. The molecule has 3 aromatic rings. The van der Waals surface area contributed by atoms with Crippen molar-refractivity contribution in [3.63, 3.8) is 0 Å². The van der Waals surface area contributed by atoms with E-state index in [9.17, 15) is 4.79 Å². The Hall–Kier alpha value is -2.92. The van der Waals surface area contributed by atoms with Gasteiger partial charge in [-0.05, 0) is 61.1 Å². The molecule has 0 aliphatic carbocycles. The minimum atomic E-state index is -0.899. The highest BCUT2D eigenvalue weighted by atomic mass is 16.4. The lowest BCUT2D eigenvalue weighted by Crippen LogP contribution is -2.25. The number of fused-ring (bicyclic) bond motifs is 1. The average molecular weight is 375 g/mol. The van der Waals surface area contributed by atoms with Crippen LogP contribution in [-0.2, 0) is 17.6 Å². The second-order valence-electron chi connectivity index (χ2n) is 7.34. The predicted molar refractivity (Wildman–Crippen MR) is 110 cm³/mol. The molecule has 144 valence electrons. The SMILES string of the molecule is O=C(O)/C=C/Cc1ccc([C@@H]2CCCN2CCc2c[nH]c3ncccc23)cc1. The number of nitrogens with one attached hydrogen (secondary N) is 1. The summed E-state index contributed by atoms with van der Waals surface area (Å²) >= 11 is 0. The molecule has 1 atom stereocenters. The summed E-state index contributed by atoms with van der Waals surface area (Å²) in [6.07, 6.45) is 10.9. The van der Waals surface area contributed by atoms with Crippen LogP contribution in [0, 0.1) is 0 Å². The molecule has 0 bridgehead atoms. The zero-order valence-electron chi connectivity index (χ0n) is 15.8. The van der Waals surface area contributed by atoms with Crippen molar-refractivity contribution in [2.75, 3.05) is 13.1 Å². The molecule has 2 aromatic heterocycles. The molecule has 0 spiro atoms. The number of aromatic nitrogens is 2. The maximum absolute atomic E-state index is 10.6. The number of likely N-dealkylation sites (tertiary alicyclic amines) is 1. The van der Waals surface area contributed by atoms with Crippen molar-refractivity contribution in [3.05, 3.63) is 77.6 Å². The van der Waals surface area contributed by atoms with E-state index in [1.165, 1.54) is 35.4 Å². The van der Waals surface area contributed by atoms with Crippen LogP contribution in [0.3, 0.4) is 0 Å². The number of pyridine rings is 1. The molecule has 0 radical (unpaired) electrons. The second kappa shape index (κ2) is 8.40. The van der Waals surface area contributed by atoms with Crippen molar-refractivity contribution in [2.45, 2.75) is 31.7 Å². The minimum Gasteiger partial charge on any atom is -0.478 e. The number of allylic oxidation sites excluding steroid dienone is 1. The monoisotopic (exact) mass is 375 g/mol. The van der Waals surface area contributed by atoms with Gasteiger partial charge in [0.2, 0.25) is 0 Å². The normalized spacial score (nSPS) is 17.6. The fraction of sp³-hybridized carbons (Fsp3) is 0.304. The molecule has 1 fully saturated rings. The van der Waals surface area contributed by atoms with Gasteiger partial charge in [-0.3, -0.25) is 4.90 Å². The summed E-state index contributed by atoms with van der Waals surface area (Å²) in [7, 11) is 0. The Bertz CT molecular complexity index is 975. The number of hydrogen-bond acceptors (Lipinski definition) is 3. The van der Waals surface area contributed by atoms with Crippen molar-refractivity contribution in [3.8, 4) is 0 Å². The van der Waals surface area contributed by atoms with E-state index in [1.807, 2.05) is 12.3 Å². The summed E-state index contributed by atoms with van der Waals surface area (Å²) in [5.74, 6) is -0.899. The summed E-state index contributed by atoms with van der Waals surface area (Å²) < 4.78 is 0. The van der Waals surface area contributed by atoms with Gasteiger partial charge in [-0.25, -0.2) is 9.78 Å². The number of aromatic amines is 1. The number of H-pyrrole nitrogens is 1. The van der Waals surface area contributed by atoms with E-state index < -0.39 is 5.97 Å². The molecule has 5 heteroatoms. The Labute approximate surface area is 164 Å². The maximum atomic E-state index is 10.6. The molecular weight excluding hydrogens is 350 g/mol. The number of hydrogen-bond donors (Lipinski definition) is 2. The number of nitrogens with zero attached hydrogens (tertiary/aromatic N) is 2. The van der Waals surface area contributed by atoms with Gasteiger partial charge in [0.1, 0.15) is 5.65 Å². The molecule has 1 aromatic carbocycles. The van der Waals surface area contributed by atoms with Crippen LogP contribution in [-0.4, -0.2) is 39.0 Å². The van der Waals surface area contributed by atoms with Gasteiger partial charge in [0, 0.05) is 36.4 Å². The third-order valence-corrected chi connectivity index (χ3v) is 5.55. The molecule has 1 aliphatic heterocycles. The molecule has 2 N–H and O–H groups in total. The molecule has 0 saturated carbocycles. The largest absolute Gasteiger partial charge is 0.478 e. The van der Waals surface area contributed by atoms with Gasteiger partial charge < -0.3 is 10.1 Å². The number of carboxylic acid groups (broad SMARTS) is 1. The lowest BCUT2D eigenvalue weighted by Gasteiger charge is -2.25. The Kier molecular flexibility index (Phi) is 5.53. The first-order valence-corrected chi connectivity index (χ1v) is 9.84. The fourth-order valence-electron chi connectivity index (χ4n) is 4.13. The van der Waals surface area contributed by atoms with E-state index in [1.54, 1.807) is 6.08 Å². The molecule has 28 heavy (non-hydrogen) atoms. The highest BCUT2D eigenvalue weighted by Crippen LogP contribution is 2.32. The number of aliphatic carboxylic acids is 1. The molecule has 0 unspecified atom stereocenters. The van der Waals surface area contributed by atoms with Crippen molar-refractivity contribution >= 4 is 17.0 Å². The summed E-state index contributed by atoms with van der Waals surface area (Å²) in [6.45, 7) is 2.17. The van der Waals surface area contributed by atoms with Gasteiger partial charge >= 0.3 is 5.97 Å². The lowest BCUT2D eigenvalue weighted by atomic mass is 10.0. The quantitative estimate of drug-likeness (QED) is 0.610. The predicted octanol–water partition coefficient (Wildman–Crippen LogP) is 4.13. The van der Waals surface area contributed by atoms with Gasteiger partial charge in [0.15, 0.2) is 0 Å². The summed E-state index contributed by atoms with van der Waals surface area (Å²) in [5, 5.41) is 9.91. The van der Waals surface area contributed by atoms with E-state index in [0.717, 1.165) is 30.7 Å². The number of carboxylic acids is 1. The first kappa shape index (κ1) is 18.4. The molecule has 1 aliphatic rings. The number of carbonyl (C=O) groups is 1. The zero-order chi connectivity index (χ0) is 19.3. The van der Waals surface area contributed by atoms with Crippen LogP contribution >= 0.6 is 0 Å². The highest BCUT2D eigenvalue weighted by Gasteiger charge is 2.25. The van der Waals surface area contributed by atoms with Crippen LogP contribution in [0.1, 0.15) is 35.6 Å². The molecule has 1 saturated heterocycles. The van der Waals surface area contributed by atoms with Gasteiger partial charge in [0.25, 0.3) is 0 Å². The van der Waals surface area contributed by atoms with E-state index in [-0.39, 0.29) is 0 Å². The van der Waals surface area contributed by atoms with E-state index in [0.29, 0.717) is 12.5 Å². The zero-order valence-corrected chi connectivity index (χ0v) is 15.8. The van der Waals surface area contributed by atoms with Gasteiger partial charge in [0.05, 0.1) is 0 Å². The number of benzene rings is 1. The maximum Gasteiger partial charge on any atom is 0.327 e. The first-order chi connectivity index (χ1) is 13.7. The molecular formula is C23H25N3O2. The molecule has 3 heterocycles. The average Bonchev–Trinajstić information content (AvgIpc) is 3.33. The van der Waals surface area contributed by atoms with Crippen molar-refractivity contribution in [1.82, 2.24) is 14.9 Å². The third kappa shape index (κ3) is 4.15. The smallest absolute Gasteiger partial charge is 0.327 e. The molecule has 0 amide bonds. The summed E-state index contributed by atoms with van der Waals surface area (Å²) in [4.78, 5) is 20.8.